The number of methoxy groups -OCH3 is 1. The van der Waals surface area contributed by atoms with Crippen LogP contribution in [-0.2, 0) is 17.8 Å². The first-order chi connectivity index (χ1) is 13.9. The number of rotatable bonds is 7. The summed E-state index contributed by atoms with van der Waals surface area (Å²) in [6, 6.07) is 6.28. The number of para-hydroxylation sites is 1. The Morgan fingerprint density at radius 1 is 1.31 bits per heavy atom. The van der Waals surface area contributed by atoms with Crippen LogP contribution >= 0.6 is 11.3 Å². The van der Waals surface area contributed by atoms with Crippen LogP contribution in [0.2, 0.25) is 0 Å². The highest BCUT2D eigenvalue weighted by Gasteiger charge is 2.27. The van der Waals surface area contributed by atoms with Crippen LogP contribution in [0.15, 0.2) is 24.3 Å². The first-order valence-electron chi connectivity index (χ1n) is 9.88. The minimum atomic E-state index is -0.680. The standard InChI is InChI=1S/C21H28N4O3S/c1-5-25-11-10-15-17(12-25)29-21(22-15)24-20(27)18(13(2)3)23-19(26)14-8-6-7-9-16(14)28-4/h6-9,13,18H,5,10-12H2,1-4H3,(H,23,26)(H,22,24,27). The highest BCUT2D eigenvalue weighted by molar-refractivity contribution is 7.15. The Hall–Kier alpha value is -2.45. The van der Waals surface area contributed by atoms with Gasteiger partial charge in [-0.2, -0.15) is 0 Å². The minimum Gasteiger partial charge on any atom is -0.496 e. The lowest BCUT2D eigenvalue weighted by atomic mass is 10.0. The molecule has 29 heavy (non-hydrogen) atoms. The fourth-order valence-electron chi connectivity index (χ4n) is 3.34. The summed E-state index contributed by atoms with van der Waals surface area (Å²) >= 11 is 1.52. The highest BCUT2D eigenvalue weighted by atomic mass is 32.1. The van der Waals surface area contributed by atoms with Gasteiger partial charge in [0.1, 0.15) is 11.8 Å². The normalized spacial score (nSPS) is 14.9. The molecule has 0 saturated heterocycles. The molecule has 0 aliphatic carbocycles. The van der Waals surface area contributed by atoms with Crippen LogP contribution in [-0.4, -0.2) is 47.9 Å². The summed E-state index contributed by atoms with van der Waals surface area (Å²) in [6.07, 6.45) is 0.897. The van der Waals surface area contributed by atoms with E-state index in [4.69, 9.17) is 4.74 Å². The van der Waals surface area contributed by atoms with Crippen molar-refractivity contribution < 1.29 is 14.3 Å². The van der Waals surface area contributed by atoms with Gasteiger partial charge in [-0.3, -0.25) is 14.5 Å². The summed E-state index contributed by atoms with van der Waals surface area (Å²) in [5.74, 6) is -0.213. The summed E-state index contributed by atoms with van der Waals surface area (Å²) < 4.78 is 5.26. The summed E-state index contributed by atoms with van der Waals surface area (Å²) in [5, 5.41) is 6.34. The van der Waals surface area contributed by atoms with Gasteiger partial charge in [0.05, 0.1) is 18.4 Å². The summed E-state index contributed by atoms with van der Waals surface area (Å²) in [6.45, 7) is 8.81. The largest absolute Gasteiger partial charge is 0.496 e. The number of carbonyl (C=O) groups is 2. The van der Waals surface area contributed by atoms with E-state index in [1.165, 1.54) is 23.3 Å². The molecule has 1 aromatic heterocycles. The van der Waals surface area contributed by atoms with Crippen molar-refractivity contribution in [1.29, 1.82) is 0 Å². The third kappa shape index (κ3) is 4.94. The van der Waals surface area contributed by atoms with Crippen LogP contribution in [0.4, 0.5) is 5.13 Å². The zero-order valence-corrected chi connectivity index (χ0v) is 18.1. The summed E-state index contributed by atoms with van der Waals surface area (Å²) in [5.41, 5.74) is 1.46. The van der Waals surface area contributed by atoms with Crippen molar-refractivity contribution >= 4 is 28.3 Å². The van der Waals surface area contributed by atoms with Crippen molar-refractivity contribution in [1.82, 2.24) is 15.2 Å². The first kappa shape index (κ1) is 21.3. The van der Waals surface area contributed by atoms with Gasteiger partial charge in [0, 0.05) is 24.4 Å². The molecule has 156 valence electrons. The predicted molar refractivity (Wildman–Crippen MR) is 114 cm³/mol. The number of anilines is 1. The molecule has 7 nitrogen and oxygen atoms in total. The molecule has 2 heterocycles. The predicted octanol–water partition coefficient (Wildman–Crippen LogP) is 2.92. The van der Waals surface area contributed by atoms with E-state index >= 15 is 0 Å². The molecule has 8 heteroatoms. The average molecular weight is 417 g/mol. The third-order valence-electron chi connectivity index (χ3n) is 5.07. The van der Waals surface area contributed by atoms with E-state index < -0.39 is 6.04 Å². The van der Waals surface area contributed by atoms with E-state index in [1.54, 1.807) is 24.3 Å². The van der Waals surface area contributed by atoms with Crippen LogP contribution in [0.1, 0.15) is 41.7 Å². The summed E-state index contributed by atoms with van der Waals surface area (Å²) in [4.78, 5) is 33.8. The fourth-order valence-corrected chi connectivity index (χ4v) is 4.39. The molecular weight excluding hydrogens is 388 g/mol. The van der Waals surface area contributed by atoms with Crippen LogP contribution in [0.25, 0.3) is 0 Å². The highest BCUT2D eigenvalue weighted by Crippen LogP contribution is 2.28. The Morgan fingerprint density at radius 3 is 2.76 bits per heavy atom. The Kier molecular flexibility index (Phi) is 6.87. The average Bonchev–Trinajstić information content (AvgIpc) is 3.12. The van der Waals surface area contributed by atoms with E-state index in [2.05, 4.69) is 27.4 Å². The van der Waals surface area contributed by atoms with Crippen molar-refractivity contribution in [3.63, 3.8) is 0 Å². The molecule has 2 aromatic rings. The van der Waals surface area contributed by atoms with Gasteiger partial charge >= 0.3 is 0 Å². The van der Waals surface area contributed by atoms with Crippen LogP contribution in [0.5, 0.6) is 5.75 Å². The van der Waals surface area contributed by atoms with Crippen molar-refractivity contribution in [3.05, 3.63) is 40.4 Å². The third-order valence-corrected chi connectivity index (χ3v) is 6.07. The van der Waals surface area contributed by atoms with Crippen LogP contribution < -0.4 is 15.4 Å². The molecule has 1 atom stereocenters. The maximum Gasteiger partial charge on any atom is 0.255 e. The Bertz CT molecular complexity index is 881. The molecule has 1 aliphatic heterocycles. The van der Waals surface area contributed by atoms with Crippen molar-refractivity contribution in [2.75, 3.05) is 25.5 Å². The zero-order valence-electron chi connectivity index (χ0n) is 17.3. The second-order valence-electron chi connectivity index (χ2n) is 7.39. The molecule has 0 bridgehead atoms. The number of hydrogen-bond acceptors (Lipinski definition) is 6. The number of fused-ring (bicyclic) bond motifs is 1. The zero-order chi connectivity index (χ0) is 21.0. The first-order valence-corrected chi connectivity index (χ1v) is 10.7. The van der Waals surface area contributed by atoms with E-state index in [-0.39, 0.29) is 17.7 Å². The maximum atomic E-state index is 12.9. The number of carbonyl (C=O) groups excluding carboxylic acids is 2. The molecule has 3 rings (SSSR count). The quantitative estimate of drug-likeness (QED) is 0.725. The lowest BCUT2D eigenvalue weighted by molar-refractivity contribution is -0.118. The second-order valence-corrected chi connectivity index (χ2v) is 8.48. The lowest BCUT2D eigenvalue weighted by Crippen LogP contribution is -2.47. The van der Waals surface area contributed by atoms with Gasteiger partial charge in [0.2, 0.25) is 5.91 Å². The molecule has 1 unspecified atom stereocenters. The Morgan fingerprint density at radius 2 is 2.07 bits per heavy atom. The number of thiazole rings is 1. The SMILES string of the molecule is CCN1CCc2nc(NC(=O)C(NC(=O)c3ccccc3OC)C(C)C)sc2C1. The summed E-state index contributed by atoms with van der Waals surface area (Å²) in [7, 11) is 1.52. The number of ether oxygens (including phenoxy) is 1. The number of nitrogens with zero attached hydrogens (tertiary/aromatic N) is 2. The monoisotopic (exact) mass is 416 g/mol. The van der Waals surface area contributed by atoms with Crippen LogP contribution in [0.3, 0.4) is 0 Å². The molecule has 1 aliphatic rings. The number of likely N-dealkylation sites (N-methyl/N-ethyl adjacent to an activating group) is 1. The van der Waals surface area contributed by atoms with Gasteiger partial charge in [-0.25, -0.2) is 4.98 Å². The maximum absolute atomic E-state index is 12.9. The number of amides is 2. The number of nitrogens with one attached hydrogen (secondary N) is 2. The molecule has 0 saturated carbocycles. The Labute approximate surface area is 175 Å². The Balaban J connectivity index is 1.70. The van der Waals surface area contributed by atoms with Gasteiger partial charge in [-0.15, -0.1) is 11.3 Å². The van der Waals surface area contributed by atoms with Crippen molar-refractivity contribution in [3.8, 4) is 5.75 Å². The van der Waals surface area contributed by atoms with Gasteiger partial charge in [0.25, 0.3) is 5.91 Å². The van der Waals surface area contributed by atoms with Gasteiger partial charge in [-0.05, 0) is 24.6 Å². The van der Waals surface area contributed by atoms with Crippen molar-refractivity contribution in [2.45, 2.75) is 39.8 Å². The molecular formula is C21H28N4O3S. The van der Waals surface area contributed by atoms with Gasteiger partial charge < -0.3 is 15.4 Å². The number of hydrogen-bond donors (Lipinski definition) is 2. The van der Waals surface area contributed by atoms with Gasteiger partial charge in [0.15, 0.2) is 5.13 Å². The molecule has 0 spiro atoms. The number of aromatic nitrogens is 1. The lowest BCUT2D eigenvalue weighted by Gasteiger charge is -2.23. The molecule has 2 amide bonds. The second kappa shape index (κ2) is 9.37. The molecule has 0 radical (unpaired) electrons. The minimum absolute atomic E-state index is 0.0844. The van der Waals surface area contributed by atoms with Gasteiger partial charge in [-0.1, -0.05) is 32.9 Å². The number of benzene rings is 1. The van der Waals surface area contributed by atoms with Crippen molar-refractivity contribution in [2.24, 2.45) is 5.92 Å². The smallest absolute Gasteiger partial charge is 0.255 e. The van der Waals surface area contributed by atoms with E-state index in [9.17, 15) is 9.59 Å². The molecule has 1 aromatic carbocycles. The van der Waals surface area contributed by atoms with Crippen LogP contribution in [0, 0.1) is 5.92 Å². The fraction of sp³-hybridized carbons (Fsp3) is 0.476. The molecule has 0 fully saturated rings. The van der Waals surface area contributed by atoms with E-state index in [0.29, 0.717) is 16.4 Å². The van der Waals surface area contributed by atoms with E-state index in [1.807, 2.05) is 13.8 Å². The van der Waals surface area contributed by atoms with E-state index in [0.717, 1.165) is 31.7 Å². The topological polar surface area (TPSA) is 83.6 Å². The molecule has 2 N–H and O–H groups in total.